The van der Waals surface area contributed by atoms with Gasteiger partial charge in [0.1, 0.15) is 11.2 Å². The van der Waals surface area contributed by atoms with Crippen LogP contribution < -0.4 is 4.90 Å². The van der Waals surface area contributed by atoms with Gasteiger partial charge in [-0.25, -0.2) is 0 Å². The maximum atomic E-state index is 9.70. The Bertz CT molecular complexity index is 3700. The van der Waals surface area contributed by atoms with E-state index in [2.05, 4.69) is 0 Å². The normalized spacial score (nSPS) is 13.4. The lowest BCUT2D eigenvalue weighted by molar-refractivity contribution is 0.672. The molecule has 0 N–H and O–H groups in total. The third kappa shape index (κ3) is 6.00. The Balaban J connectivity index is 1.15. The Kier molecular flexibility index (Phi) is 6.38. The van der Waals surface area contributed by atoms with Crippen LogP contribution in [0.25, 0.3) is 88.0 Å². The summed E-state index contributed by atoms with van der Waals surface area (Å²) in [6, 6.07) is 52.6. The second kappa shape index (κ2) is 14.1. The number of benzene rings is 10. The maximum Gasteiger partial charge on any atom is 0.143 e. The number of rotatable bonds is 7. The van der Waals surface area contributed by atoms with Crippen molar-refractivity contribution < 1.29 is 15.4 Å². The first kappa shape index (κ1) is 26.2. The van der Waals surface area contributed by atoms with E-state index in [0.29, 0.717) is 33.5 Å². The average molecular weight is 748 g/mol. The van der Waals surface area contributed by atoms with Gasteiger partial charge in [0.25, 0.3) is 0 Å². The molecular formula is C56H37NO. The summed E-state index contributed by atoms with van der Waals surface area (Å²) in [5.41, 5.74) is 5.76. The molecule has 0 aliphatic carbocycles. The van der Waals surface area contributed by atoms with Crippen LogP contribution in [-0.4, -0.2) is 0 Å². The van der Waals surface area contributed by atoms with Gasteiger partial charge in [-0.2, -0.15) is 0 Å². The molecular weight excluding hydrogens is 703 g/mol. The molecule has 11 rings (SSSR count). The number of nitrogens with zero attached hydrogens (tertiary/aromatic N) is 1. The summed E-state index contributed by atoms with van der Waals surface area (Å²) in [4.78, 5) is 1.38. The van der Waals surface area contributed by atoms with Gasteiger partial charge >= 0.3 is 0 Å². The molecule has 0 aliphatic heterocycles. The van der Waals surface area contributed by atoms with Crippen molar-refractivity contribution in [2.45, 2.75) is 0 Å². The van der Waals surface area contributed by atoms with E-state index < -0.39 is 24.2 Å². The van der Waals surface area contributed by atoms with Crippen molar-refractivity contribution in [2.24, 2.45) is 0 Å². The molecule has 0 aliphatic rings. The highest BCUT2D eigenvalue weighted by atomic mass is 16.3. The second-order valence-electron chi connectivity index (χ2n) is 14.3. The van der Waals surface area contributed by atoms with E-state index >= 15 is 0 Å². The first-order chi connectivity index (χ1) is 32.1. The molecule has 0 saturated heterocycles. The predicted octanol–water partition coefficient (Wildman–Crippen LogP) is 16.0. The molecule has 2 heteroatoms. The largest absolute Gasteiger partial charge is 0.455 e. The van der Waals surface area contributed by atoms with Crippen molar-refractivity contribution in [3.05, 3.63) is 224 Å². The van der Waals surface area contributed by atoms with E-state index in [0.717, 1.165) is 49.0 Å². The van der Waals surface area contributed by atoms with Crippen LogP contribution in [0.2, 0.25) is 0 Å². The number of fused-ring (bicyclic) bond motifs is 6. The van der Waals surface area contributed by atoms with Gasteiger partial charge in [0.05, 0.1) is 16.7 Å². The number of anilines is 3. The molecule has 1 heterocycles. The molecule has 0 atom stereocenters. The van der Waals surface area contributed by atoms with Crippen molar-refractivity contribution >= 4 is 60.5 Å². The quantitative estimate of drug-likeness (QED) is 0.161. The van der Waals surface area contributed by atoms with Gasteiger partial charge < -0.3 is 9.32 Å². The van der Waals surface area contributed by atoms with Crippen LogP contribution in [-0.2, 0) is 0 Å². The Labute approximate surface area is 348 Å². The fourth-order valence-corrected chi connectivity index (χ4v) is 7.86. The topological polar surface area (TPSA) is 16.4 Å². The number of hydrogen-bond acceptors (Lipinski definition) is 2. The lowest BCUT2D eigenvalue weighted by Gasteiger charge is -2.28. The van der Waals surface area contributed by atoms with Crippen LogP contribution in [0.15, 0.2) is 229 Å². The molecule has 58 heavy (non-hydrogen) atoms. The van der Waals surface area contributed by atoms with Crippen LogP contribution in [0.1, 0.15) is 11.0 Å². The van der Waals surface area contributed by atoms with Gasteiger partial charge in [-0.05, 0) is 110 Å². The summed E-state index contributed by atoms with van der Waals surface area (Å²) < 4.78 is 83.2. The lowest BCUT2D eigenvalue weighted by Crippen LogP contribution is -2.11. The van der Waals surface area contributed by atoms with E-state index in [1.54, 1.807) is 30.3 Å². The predicted molar refractivity (Wildman–Crippen MR) is 245 cm³/mol. The zero-order chi connectivity index (χ0) is 45.4. The second-order valence-corrected chi connectivity index (χ2v) is 14.3. The van der Waals surface area contributed by atoms with Crippen LogP contribution in [0.5, 0.6) is 0 Å². The summed E-state index contributed by atoms with van der Waals surface area (Å²) in [6.07, 6.45) is 0. The minimum absolute atomic E-state index is 0.0946. The van der Waals surface area contributed by atoms with Crippen molar-refractivity contribution in [2.75, 3.05) is 4.90 Å². The minimum Gasteiger partial charge on any atom is -0.455 e. The standard InChI is InChI=1S/C56H37NO/c1-2-10-38(11-3-1)40-18-20-41(21-19-40)42-26-31-48(32-27-42)57(49-33-28-43(29-34-49)46-24-22-39-12-4-5-13-45(39)36-46)54-16-8-6-14-50(54)47-25-23-44-30-35-52-51-15-7-9-17-55(51)58-56(52)53(44)37-47/h1-37H/i26D,27D,28D,29D,31D,32D,33D,34D. The summed E-state index contributed by atoms with van der Waals surface area (Å²) in [7, 11) is 0. The highest BCUT2D eigenvalue weighted by Crippen LogP contribution is 2.43. The van der Waals surface area contributed by atoms with Gasteiger partial charge in [0, 0.05) is 33.1 Å². The van der Waals surface area contributed by atoms with Gasteiger partial charge in [0.15, 0.2) is 0 Å². The van der Waals surface area contributed by atoms with Crippen molar-refractivity contribution in [3.63, 3.8) is 0 Å². The summed E-state index contributed by atoms with van der Waals surface area (Å²) in [5, 5.41) is 5.57. The van der Waals surface area contributed by atoms with Crippen LogP contribution >= 0.6 is 0 Å². The molecule has 0 bridgehead atoms. The first-order valence-electron chi connectivity index (χ1n) is 23.2. The van der Waals surface area contributed by atoms with E-state index in [1.807, 2.05) is 146 Å². The Hall–Kier alpha value is -7.68. The average Bonchev–Trinajstić information content (AvgIpc) is 3.75. The number of hydrogen-bond donors (Lipinski definition) is 0. The summed E-state index contributed by atoms with van der Waals surface area (Å²) in [5.74, 6) is 0. The molecule has 0 spiro atoms. The molecule has 0 radical (unpaired) electrons. The molecule has 1 aromatic heterocycles. The van der Waals surface area contributed by atoms with Crippen molar-refractivity contribution in [3.8, 4) is 44.5 Å². The van der Waals surface area contributed by atoms with Crippen LogP contribution in [0.4, 0.5) is 17.1 Å². The maximum absolute atomic E-state index is 9.70. The fourth-order valence-electron chi connectivity index (χ4n) is 7.86. The Morgan fingerprint density at radius 3 is 1.67 bits per heavy atom. The van der Waals surface area contributed by atoms with E-state index in [9.17, 15) is 11.0 Å². The first-order valence-corrected chi connectivity index (χ1v) is 19.2. The van der Waals surface area contributed by atoms with Crippen LogP contribution in [0.3, 0.4) is 0 Å². The summed E-state index contributed by atoms with van der Waals surface area (Å²) in [6.45, 7) is 0. The van der Waals surface area contributed by atoms with E-state index in [4.69, 9.17) is 4.42 Å². The summed E-state index contributed by atoms with van der Waals surface area (Å²) >= 11 is 0. The Morgan fingerprint density at radius 2 is 0.897 bits per heavy atom. The monoisotopic (exact) mass is 747 g/mol. The van der Waals surface area contributed by atoms with Gasteiger partial charge in [-0.15, -0.1) is 0 Å². The van der Waals surface area contributed by atoms with Crippen molar-refractivity contribution in [1.29, 1.82) is 0 Å². The smallest absolute Gasteiger partial charge is 0.143 e. The molecule has 0 amide bonds. The molecule has 2 nitrogen and oxygen atoms in total. The zero-order valence-corrected chi connectivity index (χ0v) is 31.1. The fraction of sp³-hybridized carbons (Fsp3) is 0. The molecule has 272 valence electrons. The number of para-hydroxylation sites is 2. The van der Waals surface area contributed by atoms with E-state index in [-0.39, 0.29) is 46.7 Å². The lowest BCUT2D eigenvalue weighted by atomic mass is 9.97. The molecule has 0 unspecified atom stereocenters. The van der Waals surface area contributed by atoms with Crippen molar-refractivity contribution in [1.82, 2.24) is 0 Å². The third-order valence-electron chi connectivity index (χ3n) is 10.8. The van der Waals surface area contributed by atoms with Crippen LogP contribution in [0, 0.1) is 0 Å². The minimum atomic E-state index is -0.411. The number of furan rings is 1. The highest BCUT2D eigenvalue weighted by Gasteiger charge is 2.19. The Morgan fingerprint density at radius 1 is 0.345 bits per heavy atom. The molecule has 10 aromatic carbocycles. The third-order valence-corrected chi connectivity index (χ3v) is 10.8. The van der Waals surface area contributed by atoms with Gasteiger partial charge in [0.2, 0.25) is 0 Å². The molecule has 11 aromatic rings. The van der Waals surface area contributed by atoms with Gasteiger partial charge in [-0.3, -0.25) is 0 Å². The molecule has 0 fully saturated rings. The van der Waals surface area contributed by atoms with Gasteiger partial charge in [-0.1, -0.05) is 170 Å². The zero-order valence-electron chi connectivity index (χ0n) is 39.1. The van der Waals surface area contributed by atoms with E-state index in [1.165, 1.54) is 4.90 Å². The SMILES string of the molecule is [2H]c1c([2H])c(N(c2ccccc2-c2ccc3ccc4c5ccccc5oc4c3c2)c2c([2H])c([2H])c(-c3ccc4ccccc4c3)c([2H])c2[2H])c([2H])c([2H])c1-c1ccc(-c2ccccc2)cc1. The molecule has 0 saturated carbocycles. The highest BCUT2D eigenvalue weighted by molar-refractivity contribution is 6.15.